The number of hydrogen-bond acceptors (Lipinski definition) is 8. The van der Waals surface area contributed by atoms with E-state index in [0.29, 0.717) is 5.56 Å². The summed E-state index contributed by atoms with van der Waals surface area (Å²) in [5, 5.41) is 29.0. The molecule has 1 amide bonds. The van der Waals surface area contributed by atoms with E-state index in [1.807, 2.05) is 0 Å². The summed E-state index contributed by atoms with van der Waals surface area (Å²) < 4.78 is 51.6. The molecule has 0 spiro atoms. The molecular formula is C23H19F3N4O5. The third-order valence-corrected chi connectivity index (χ3v) is 4.94. The zero-order valence-corrected chi connectivity index (χ0v) is 18.2. The van der Waals surface area contributed by atoms with Crippen molar-refractivity contribution in [2.45, 2.75) is 25.3 Å². The number of aromatic nitrogens is 3. The first-order valence-corrected chi connectivity index (χ1v) is 10.4. The molecule has 0 bridgehead atoms. The molecule has 4 aromatic rings. The summed E-state index contributed by atoms with van der Waals surface area (Å²) in [5.41, 5.74) is -0.980. The number of aliphatic hydroxyl groups is 2. The number of halogens is 3. The normalized spacial score (nSPS) is 13.4. The predicted molar refractivity (Wildman–Crippen MR) is 115 cm³/mol. The van der Waals surface area contributed by atoms with E-state index in [-0.39, 0.29) is 23.5 Å². The van der Waals surface area contributed by atoms with Crippen LogP contribution in [0.4, 0.5) is 13.2 Å². The van der Waals surface area contributed by atoms with Gasteiger partial charge in [0.2, 0.25) is 5.82 Å². The minimum absolute atomic E-state index is 0.0203. The fraction of sp³-hybridized carbons (Fsp3) is 0.217. The fourth-order valence-electron chi connectivity index (χ4n) is 3.23. The molecule has 0 aliphatic carbocycles. The highest BCUT2D eigenvalue weighted by Crippen LogP contribution is 2.43. The van der Waals surface area contributed by atoms with Crippen molar-refractivity contribution in [1.29, 1.82) is 0 Å². The molecule has 2 aromatic carbocycles. The van der Waals surface area contributed by atoms with Gasteiger partial charge < -0.3 is 24.6 Å². The Kier molecular flexibility index (Phi) is 6.67. The van der Waals surface area contributed by atoms with Crippen molar-refractivity contribution in [1.82, 2.24) is 20.6 Å². The van der Waals surface area contributed by atoms with E-state index >= 15 is 0 Å². The van der Waals surface area contributed by atoms with Crippen LogP contribution in [0.5, 0.6) is 0 Å². The predicted octanol–water partition coefficient (Wildman–Crippen LogP) is 3.61. The molecule has 0 aliphatic rings. The minimum Gasteiger partial charge on any atom is -0.392 e. The summed E-state index contributed by atoms with van der Waals surface area (Å²) >= 11 is 0. The molecule has 1 unspecified atom stereocenters. The summed E-state index contributed by atoms with van der Waals surface area (Å²) in [6.45, 7) is 1.47. The fourth-order valence-corrected chi connectivity index (χ4v) is 3.23. The van der Waals surface area contributed by atoms with Crippen LogP contribution in [0.25, 0.3) is 34.3 Å². The maximum Gasteiger partial charge on any atom is 0.422 e. The van der Waals surface area contributed by atoms with Gasteiger partial charge in [-0.2, -0.15) is 18.2 Å². The maximum absolute atomic E-state index is 13.9. The Balaban J connectivity index is 1.60. The second-order valence-corrected chi connectivity index (χ2v) is 7.64. The molecular weight excluding hydrogens is 469 g/mol. The van der Waals surface area contributed by atoms with Crippen LogP contribution in [-0.2, 0) is 11.0 Å². The molecule has 2 aromatic heterocycles. The van der Waals surface area contributed by atoms with Gasteiger partial charge in [-0.25, -0.2) is 0 Å². The van der Waals surface area contributed by atoms with Gasteiger partial charge in [-0.05, 0) is 12.5 Å². The van der Waals surface area contributed by atoms with E-state index in [1.54, 1.807) is 18.2 Å². The van der Waals surface area contributed by atoms with Crippen LogP contribution >= 0.6 is 0 Å². The number of alkyl halides is 3. The van der Waals surface area contributed by atoms with E-state index in [2.05, 4.69) is 20.6 Å². The second-order valence-electron chi connectivity index (χ2n) is 7.64. The van der Waals surface area contributed by atoms with Gasteiger partial charge in [0.05, 0.1) is 6.10 Å². The summed E-state index contributed by atoms with van der Waals surface area (Å²) in [6, 6.07) is 13.5. The van der Waals surface area contributed by atoms with Crippen LogP contribution in [0, 0.1) is 0 Å². The SMILES string of the molecule is CC(O)CNC(=O)[C@@H](O)c1ccc(-c2noc(-c3noc(-c4ccccc4)c3C(F)(F)F)n2)cc1. The van der Waals surface area contributed by atoms with Crippen molar-refractivity contribution in [2.75, 3.05) is 6.54 Å². The number of carbonyl (C=O) groups excluding carboxylic acids is 1. The third-order valence-electron chi connectivity index (χ3n) is 4.94. The molecule has 2 atom stereocenters. The molecule has 3 N–H and O–H groups in total. The monoisotopic (exact) mass is 488 g/mol. The summed E-state index contributed by atoms with van der Waals surface area (Å²) in [6.07, 6.45) is -7.06. The number of nitrogens with one attached hydrogen (secondary N) is 1. The van der Waals surface area contributed by atoms with Gasteiger partial charge in [-0.3, -0.25) is 4.79 Å². The van der Waals surface area contributed by atoms with E-state index in [4.69, 9.17) is 9.05 Å². The van der Waals surface area contributed by atoms with Gasteiger partial charge >= 0.3 is 6.18 Å². The standard InChI is InChI=1S/C23H19F3N4O5/c1-12(31)11-27-21(33)18(32)13-7-9-15(10-8-13)20-28-22(35-30-20)17-16(23(24,25)26)19(34-29-17)14-5-3-2-4-6-14/h2-10,12,18,31-32H,11H2,1H3,(H,27,33)/t12?,18-/m0/s1. The average Bonchev–Trinajstić information content (AvgIpc) is 3.50. The van der Waals surface area contributed by atoms with Crippen LogP contribution in [0.3, 0.4) is 0 Å². The number of carbonyl (C=O) groups is 1. The number of benzene rings is 2. The number of aliphatic hydroxyl groups excluding tert-OH is 2. The molecule has 35 heavy (non-hydrogen) atoms. The minimum atomic E-state index is -4.80. The number of nitrogens with zero attached hydrogens (tertiary/aromatic N) is 3. The van der Waals surface area contributed by atoms with Gasteiger partial charge in [0, 0.05) is 17.7 Å². The lowest BCUT2D eigenvalue weighted by Gasteiger charge is -2.12. The Morgan fingerprint density at radius 1 is 1.00 bits per heavy atom. The first-order chi connectivity index (χ1) is 16.6. The zero-order chi connectivity index (χ0) is 25.2. The third kappa shape index (κ3) is 5.23. The molecule has 9 nitrogen and oxygen atoms in total. The van der Waals surface area contributed by atoms with E-state index < -0.39 is 47.2 Å². The van der Waals surface area contributed by atoms with Crippen molar-refractivity contribution >= 4 is 5.91 Å². The van der Waals surface area contributed by atoms with Crippen molar-refractivity contribution in [3.8, 4) is 34.3 Å². The van der Waals surface area contributed by atoms with Gasteiger partial charge in [0.25, 0.3) is 11.8 Å². The van der Waals surface area contributed by atoms with Crippen LogP contribution in [0.1, 0.15) is 24.2 Å². The largest absolute Gasteiger partial charge is 0.422 e. The molecule has 182 valence electrons. The molecule has 0 saturated heterocycles. The van der Waals surface area contributed by atoms with Gasteiger partial charge in [-0.1, -0.05) is 64.9 Å². The Hall–Kier alpha value is -4.03. The van der Waals surface area contributed by atoms with Crippen molar-refractivity contribution in [3.63, 3.8) is 0 Å². The highest BCUT2D eigenvalue weighted by Gasteiger charge is 2.42. The van der Waals surface area contributed by atoms with E-state index in [9.17, 15) is 28.2 Å². The average molecular weight is 488 g/mol. The maximum atomic E-state index is 13.9. The number of hydrogen-bond donors (Lipinski definition) is 3. The van der Waals surface area contributed by atoms with Crippen molar-refractivity contribution < 1.29 is 37.2 Å². The molecule has 0 aliphatic heterocycles. The molecule has 4 rings (SSSR count). The summed E-state index contributed by atoms with van der Waals surface area (Å²) in [5.74, 6) is -1.68. The van der Waals surface area contributed by atoms with E-state index in [1.165, 1.54) is 43.3 Å². The Morgan fingerprint density at radius 2 is 1.69 bits per heavy atom. The van der Waals surface area contributed by atoms with Crippen LogP contribution in [-0.4, -0.2) is 44.1 Å². The lowest BCUT2D eigenvalue weighted by molar-refractivity contribution is -0.137. The summed E-state index contributed by atoms with van der Waals surface area (Å²) in [7, 11) is 0. The molecule has 12 heteroatoms. The molecule has 2 heterocycles. The molecule has 0 fully saturated rings. The van der Waals surface area contributed by atoms with Gasteiger partial charge in [-0.15, -0.1) is 0 Å². The number of amides is 1. The highest BCUT2D eigenvalue weighted by atomic mass is 19.4. The van der Waals surface area contributed by atoms with Crippen LogP contribution < -0.4 is 5.32 Å². The van der Waals surface area contributed by atoms with Gasteiger partial charge in [0.15, 0.2) is 17.6 Å². The Labute approximate surface area is 196 Å². The van der Waals surface area contributed by atoms with Crippen LogP contribution in [0.15, 0.2) is 63.6 Å². The molecule has 0 radical (unpaired) electrons. The van der Waals surface area contributed by atoms with Crippen LogP contribution in [0.2, 0.25) is 0 Å². The topological polar surface area (TPSA) is 135 Å². The number of rotatable bonds is 7. The second kappa shape index (κ2) is 9.68. The van der Waals surface area contributed by atoms with Crippen molar-refractivity contribution in [3.05, 3.63) is 65.7 Å². The summed E-state index contributed by atoms with van der Waals surface area (Å²) in [4.78, 5) is 16.0. The first-order valence-electron chi connectivity index (χ1n) is 10.4. The van der Waals surface area contributed by atoms with Crippen molar-refractivity contribution in [2.24, 2.45) is 0 Å². The Bertz CT molecular complexity index is 1300. The highest BCUT2D eigenvalue weighted by molar-refractivity contribution is 5.82. The lowest BCUT2D eigenvalue weighted by Crippen LogP contribution is -2.34. The Morgan fingerprint density at radius 3 is 2.31 bits per heavy atom. The van der Waals surface area contributed by atoms with E-state index in [0.717, 1.165) is 0 Å². The lowest BCUT2D eigenvalue weighted by atomic mass is 10.1. The first kappa shape index (κ1) is 24.1. The smallest absolute Gasteiger partial charge is 0.392 e. The molecule has 0 saturated carbocycles. The zero-order valence-electron chi connectivity index (χ0n) is 18.2. The van der Waals surface area contributed by atoms with Gasteiger partial charge in [0.1, 0.15) is 5.56 Å². The quantitative estimate of drug-likeness (QED) is 0.359.